The Kier molecular flexibility index (Phi) is 5.48. The molecule has 1 amide bonds. The summed E-state index contributed by atoms with van der Waals surface area (Å²) in [4.78, 5) is 23.0. The molecule has 6 heteroatoms. The van der Waals surface area contributed by atoms with Gasteiger partial charge >= 0.3 is 0 Å². The predicted molar refractivity (Wildman–Crippen MR) is 142 cm³/mol. The van der Waals surface area contributed by atoms with Crippen LogP contribution in [0.3, 0.4) is 0 Å². The smallest absolute Gasteiger partial charge is 0.242 e. The lowest BCUT2D eigenvalue weighted by Crippen LogP contribution is -2.47. The number of amides is 1. The second kappa shape index (κ2) is 8.85. The monoisotopic (exact) mass is 483 g/mol. The van der Waals surface area contributed by atoms with Crippen LogP contribution in [0.1, 0.15) is 40.8 Å². The highest BCUT2D eigenvalue weighted by molar-refractivity contribution is 6.13. The van der Waals surface area contributed by atoms with Crippen molar-refractivity contribution >= 4 is 28.1 Å². The van der Waals surface area contributed by atoms with Gasteiger partial charge < -0.3 is 0 Å². The summed E-state index contributed by atoms with van der Waals surface area (Å²) in [5.41, 5.74) is 5.22. The molecule has 0 aliphatic carbocycles. The van der Waals surface area contributed by atoms with E-state index in [1.165, 1.54) is 5.56 Å². The molecule has 6 nitrogen and oxygen atoms in total. The average molecular weight is 484 g/mol. The maximum absolute atomic E-state index is 14.2. The van der Waals surface area contributed by atoms with Crippen molar-refractivity contribution in [1.82, 2.24) is 9.88 Å². The van der Waals surface area contributed by atoms with Gasteiger partial charge in [0.05, 0.1) is 27.9 Å². The Bertz CT molecular complexity index is 1640. The summed E-state index contributed by atoms with van der Waals surface area (Å²) in [6, 6.07) is 25.6. The van der Waals surface area contributed by atoms with E-state index in [2.05, 4.69) is 41.1 Å². The van der Waals surface area contributed by atoms with Crippen LogP contribution < -0.4 is 4.90 Å². The first-order valence-electron chi connectivity index (χ1n) is 12.5. The van der Waals surface area contributed by atoms with E-state index in [1.807, 2.05) is 53.6 Å². The van der Waals surface area contributed by atoms with Crippen molar-refractivity contribution in [2.75, 3.05) is 18.0 Å². The van der Waals surface area contributed by atoms with Crippen LogP contribution in [-0.4, -0.2) is 28.9 Å². The largest absolute Gasteiger partial charge is 0.297 e. The standard InChI is InChI=1S/C31H25N5O/c1-21-5-4-12-34-28(21)20-35-13-10-31(11-14-35)27-6-2-3-7-29(27)36(30(31)37)26-9-8-22-15-24(18-32)25(19-33)16-23(22)17-26/h2-9,12,15-17H,10-11,13-14,20H2,1H3. The van der Waals surface area contributed by atoms with Crippen LogP contribution in [0.15, 0.2) is 72.9 Å². The second-order valence-corrected chi connectivity index (χ2v) is 9.94. The molecule has 0 unspecified atom stereocenters. The molecule has 0 radical (unpaired) electrons. The number of para-hydroxylation sites is 1. The van der Waals surface area contributed by atoms with E-state index in [4.69, 9.17) is 0 Å². The van der Waals surface area contributed by atoms with Crippen LogP contribution in [0, 0.1) is 29.6 Å². The lowest BCUT2D eigenvalue weighted by molar-refractivity contribution is -0.124. The summed E-state index contributed by atoms with van der Waals surface area (Å²) >= 11 is 0. The number of hydrogen-bond donors (Lipinski definition) is 0. The van der Waals surface area contributed by atoms with E-state index in [0.717, 1.165) is 65.9 Å². The first-order valence-corrected chi connectivity index (χ1v) is 12.5. The van der Waals surface area contributed by atoms with E-state index >= 15 is 0 Å². The Balaban J connectivity index is 1.34. The first kappa shape index (κ1) is 22.9. The van der Waals surface area contributed by atoms with E-state index in [1.54, 1.807) is 12.1 Å². The van der Waals surface area contributed by atoms with Crippen LogP contribution in [0.25, 0.3) is 10.8 Å². The lowest BCUT2D eigenvalue weighted by Gasteiger charge is -2.38. The molecule has 1 aromatic heterocycles. The van der Waals surface area contributed by atoms with Gasteiger partial charge in [0, 0.05) is 18.4 Å². The minimum atomic E-state index is -0.552. The van der Waals surface area contributed by atoms with E-state index in [0.29, 0.717) is 11.1 Å². The van der Waals surface area contributed by atoms with E-state index in [9.17, 15) is 15.3 Å². The second-order valence-electron chi connectivity index (χ2n) is 9.94. The van der Waals surface area contributed by atoms with Crippen LogP contribution in [0.4, 0.5) is 11.4 Å². The molecule has 3 aromatic carbocycles. The topological polar surface area (TPSA) is 84.0 Å². The molecular formula is C31H25N5O. The molecule has 180 valence electrons. The molecule has 2 aliphatic heterocycles. The SMILES string of the molecule is Cc1cccnc1CN1CCC2(CC1)C(=O)N(c1ccc3cc(C#N)c(C#N)cc3c1)c1ccccc12. The highest BCUT2D eigenvalue weighted by Crippen LogP contribution is 2.50. The number of fused-ring (bicyclic) bond motifs is 3. The minimum absolute atomic E-state index is 0.107. The van der Waals surface area contributed by atoms with Crippen molar-refractivity contribution in [3.8, 4) is 12.1 Å². The number of piperidine rings is 1. The zero-order chi connectivity index (χ0) is 25.6. The number of hydrogen-bond acceptors (Lipinski definition) is 5. The number of aryl methyl sites for hydroxylation is 1. The number of pyridine rings is 1. The zero-order valence-electron chi connectivity index (χ0n) is 20.6. The molecule has 37 heavy (non-hydrogen) atoms. The Morgan fingerprint density at radius 3 is 2.38 bits per heavy atom. The van der Waals surface area contributed by atoms with Gasteiger partial charge in [0.2, 0.25) is 5.91 Å². The first-order chi connectivity index (χ1) is 18.0. The molecular weight excluding hydrogens is 458 g/mol. The van der Waals surface area contributed by atoms with Gasteiger partial charge in [0.25, 0.3) is 0 Å². The molecule has 0 N–H and O–H groups in total. The average Bonchev–Trinajstić information content (AvgIpc) is 3.17. The summed E-state index contributed by atoms with van der Waals surface area (Å²) in [6.45, 7) is 4.53. The quantitative estimate of drug-likeness (QED) is 0.384. The fourth-order valence-electron chi connectivity index (χ4n) is 5.85. The summed E-state index contributed by atoms with van der Waals surface area (Å²) in [6.07, 6.45) is 3.35. The number of anilines is 2. The molecule has 4 aromatic rings. The fraction of sp³-hybridized carbons (Fsp3) is 0.226. The fourth-order valence-corrected chi connectivity index (χ4v) is 5.85. The number of nitriles is 2. The molecule has 6 rings (SSSR count). The Labute approximate surface area is 216 Å². The molecule has 1 saturated heterocycles. The highest BCUT2D eigenvalue weighted by atomic mass is 16.2. The lowest BCUT2D eigenvalue weighted by atomic mass is 9.73. The highest BCUT2D eigenvalue weighted by Gasteiger charge is 2.52. The number of likely N-dealkylation sites (tertiary alicyclic amines) is 1. The van der Waals surface area contributed by atoms with Gasteiger partial charge in [-0.2, -0.15) is 10.5 Å². The number of carbonyl (C=O) groups is 1. The van der Waals surface area contributed by atoms with Crippen LogP contribution in [0.5, 0.6) is 0 Å². The van der Waals surface area contributed by atoms with Gasteiger partial charge in [-0.25, -0.2) is 0 Å². The van der Waals surface area contributed by atoms with Crippen molar-refractivity contribution < 1.29 is 4.79 Å². The van der Waals surface area contributed by atoms with Crippen LogP contribution in [0.2, 0.25) is 0 Å². The summed E-state index contributed by atoms with van der Waals surface area (Å²) in [5, 5.41) is 20.6. The zero-order valence-corrected chi connectivity index (χ0v) is 20.6. The summed E-state index contributed by atoms with van der Waals surface area (Å²) in [7, 11) is 0. The van der Waals surface area contributed by atoms with Gasteiger partial charge in [0.1, 0.15) is 12.1 Å². The molecule has 2 aliphatic rings. The maximum atomic E-state index is 14.2. The number of carbonyl (C=O) groups excluding carboxylic acids is 1. The van der Waals surface area contributed by atoms with Gasteiger partial charge in [-0.1, -0.05) is 30.3 Å². The van der Waals surface area contributed by atoms with Gasteiger partial charge in [-0.3, -0.25) is 19.6 Å². The number of rotatable bonds is 3. The third kappa shape index (κ3) is 3.66. The maximum Gasteiger partial charge on any atom is 0.242 e. The molecule has 1 spiro atoms. The van der Waals surface area contributed by atoms with Crippen molar-refractivity contribution in [3.05, 3.63) is 101 Å². The molecule has 0 bridgehead atoms. The number of nitrogens with zero attached hydrogens (tertiary/aromatic N) is 5. The van der Waals surface area contributed by atoms with Crippen LogP contribution >= 0.6 is 0 Å². The van der Waals surface area contributed by atoms with Crippen molar-refractivity contribution in [3.63, 3.8) is 0 Å². The number of benzene rings is 3. The molecule has 0 atom stereocenters. The Hall–Kier alpha value is -4.52. The van der Waals surface area contributed by atoms with Gasteiger partial charge in [0.15, 0.2) is 0 Å². The molecule has 1 fully saturated rings. The van der Waals surface area contributed by atoms with Gasteiger partial charge in [-0.05, 0) is 91.2 Å². The van der Waals surface area contributed by atoms with Crippen LogP contribution in [-0.2, 0) is 16.8 Å². The van der Waals surface area contributed by atoms with E-state index in [-0.39, 0.29) is 5.91 Å². The predicted octanol–water partition coefficient (Wildman–Crippen LogP) is 5.50. The Morgan fingerprint density at radius 1 is 0.919 bits per heavy atom. The van der Waals surface area contributed by atoms with Crippen molar-refractivity contribution in [2.24, 2.45) is 0 Å². The molecule has 0 saturated carbocycles. The Morgan fingerprint density at radius 2 is 1.65 bits per heavy atom. The number of aromatic nitrogens is 1. The van der Waals surface area contributed by atoms with Crippen molar-refractivity contribution in [2.45, 2.75) is 31.7 Å². The third-order valence-corrected chi connectivity index (χ3v) is 7.93. The van der Waals surface area contributed by atoms with E-state index < -0.39 is 5.41 Å². The van der Waals surface area contributed by atoms with Crippen molar-refractivity contribution in [1.29, 1.82) is 10.5 Å². The summed E-state index contributed by atoms with van der Waals surface area (Å²) < 4.78 is 0. The molecule has 3 heterocycles. The summed E-state index contributed by atoms with van der Waals surface area (Å²) in [5.74, 6) is 0.107. The normalized spacial score (nSPS) is 16.5. The van der Waals surface area contributed by atoms with Gasteiger partial charge in [-0.15, -0.1) is 0 Å². The minimum Gasteiger partial charge on any atom is -0.297 e. The third-order valence-electron chi connectivity index (χ3n) is 7.93.